The first-order chi connectivity index (χ1) is 10.2. The minimum absolute atomic E-state index is 0.0181. The van der Waals surface area contributed by atoms with E-state index in [0.717, 1.165) is 37.4 Å². The summed E-state index contributed by atoms with van der Waals surface area (Å²) in [6, 6.07) is 0.279. The van der Waals surface area contributed by atoms with Crippen molar-refractivity contribution >= 4 is 23.4 Å². The summed E-state index contributed by atoms with van der Waals surface area (Å²) in [6.07, 6.45) is 4.86. The van der Waals surface area contributed by atoms with Crippen molar-refractivity contribution in [3.8, 4) is 0 Å². The molecular weight excluding hydrogens is 288 g/mol. The second kappa shape index (κ2) is 6.27. The van der Waals surface area contributed by atoms with E-state index in [1.54, 1.807) is 17.9 Å². The maximum Gasteiger partial charge on any atom is 0.274 e. The number of nitrogens with zero attached hydrogens (tertiary/aromatic N) is 3. The summed E-state index contributed by atoms with van der Waals surface area (Å²) in [5, 5.41) is 4.09. The van der Waals surface area contributed by atoms with E-state index in [9.17, 15) is 4.79 Å². The minimum atomic E-state index is -0.0181. The topological polar surface area (TPSA) is 73.4 Å². The first kappa shape index (κ1) is 14.7. The number of aryl methyl sites for hydroxylation is 1. The number of amides is 1. The molecule has 116 valence electrons. The van der Waals surface area contributed by atoms with E-state index in [1.165, 1.54) is 0 Å². The Kier molecular flexibility index (Phi) is 4.40. The predicted octanol–water partition coefficient (Wildman–Crippen LogP) is 1.13. The lowest BCUT2D eigenvalue weighted by Crippen LogP contribution is -2.45. The van der Waals surface area contributed by atoms with E-state index in [2.05, 4.69) is 5.10 Å². The lowest BCUT2D eigenvalue weighted by molar-refractivity contribution is 0.0434. The van der Waals surface area contributed by atoms with Gasteiger partial charge in [0.05, 0.1) is 18.0 Å². The van der Waals surface area contributed by atoms with Crippen LogP contribution in [-0.2, 0) is 11.8 Å². The van der Waals surface area contributed by atoms with Gasteiger partial charge in [0.1, 0.15) is 5.69 Å². The number of rotatable bonds is 4. The number of hydrogen-bond donors (Lipinski definition) is 1. The van der Waals surface area contributed by atoms with E-state index < -0.39 is 0 Å². The molecule has 7 heteroatoms. The summed E-state index contributed by atoms with van der Waals surface area (Å²) in [4.78, 5) is 14.9. The van der Waals surface area contributed by atoms with Gasteiger partial charge in [-0.1, -0.05) is 0 Å². The Labute approximate surface area is 129 Å². The molecule has 1 aromatic rings. The van der Waals surface area contributed by atoms with E-state index in [0.29, 0.717) is 17.9 Å². The number of aromatic nitrogens is 2. The van der Waals surface area contributed by atoms with Crippen LogP contribution in [0.2, 0.25) is 0 Å². The molecule has 0 spiro atoms. The summed E-state index contributed by atoms with van der Waals surface area (Å²) >= 11 is 1.90. The van der Waals surface area contributed by atoms with Crippen LogP contribution in [0, 0.1) is 0 Å². The van der Waals surface area contributed by atoms with Gasteiger partial charge in [0, 0.05) is 32.0 Å². The number of ether oxygens (including phenoxy) is 1. The van der Waals surface area contributed by atoms with Crippen LogP contribution in [0.3, 0.4) is 0 Å². The Hall–Kier alpha value is -1.21. The number of nitrogens with two attached hydrogens (primary N) is 1. The van der Waals surface area contributed by atoms with Crippen LogP contribution in [0.25, 0.3) is 0 Å². The molecule has 2 N–H and O–H groups in total. The molecule has 6 nitrogen and oxygen atoms in total. The monoisotopic (exact) mass is 310 g/mol. The Balaban J connectivity index is 1.81. The second-order valence-electron chi connectivity index (χ2n) is 5.68. The molecule has 0 radical (unpaired) electrons. The maximum absolute atomic E-state index is 12.9. The SMILES string of the molecule is Cn1ncc(N)c1C(=O)N(CC1CCCO1)C1CCSC1. The Morgan fingerprint density at radius 2 is 2.48 bits per heavy atom. The summed E-state index contributed by atoms with van der Waals surface area (Å²) in [5.41, 5.74) is 6.86. The predicted molar refractivity (Wildman–Crippen MR) is 83.4 cm³/mol. The van der Waals surface area contributed by atoms with Crippen LogP contribution >= 0.6 is 11.8 Å². The highest BCUT2D eigenvalue weighted by atomic mass is 32.2. The van der Waals surface area contributed by atoms with Gasteiger partial charge in [-0.05, 0) is 25.0 Å². The number of carbonyl (C=O) groups is 1. The molecule has 2 atom stereocenters. The van der Waals surface area contributed by atoms with Gasteiger partial charge in [0.15, 0.2) is 0 Å². The van der Waals surface area contributed by atoms with Gasteiger partial charge in [-0.15, -0.1) is 0 Å². The molecule has 2 aliphatic rings. The van der Waals surface area contributed by atoms with Crippen molar-refractivity contribution in [2.24, 2.45) is 7.05 Å². The summed E-state index contributed by atoms with van der Waals surface area (Å²) < 4.78 is 7.29. The van der Waals surface area contributed by atoms with Gasteiger partial charge < -0.3 is 15.4 Å². The molecule has 3 heterocycles. The third kappa shape index (κ3) is 3.03. The van der Waals surface area contributed by atoms with Crippen LogP contribution in [0.15, 0.2) is 6.20 Å². The summed E-state index contributed by atoms with van der Waals surface area (Å²) in [7, 11) is 1.76. The van der Waals surface area contributed by atoms with Gasteiger partial charge in [0.25, 0.3) is 5.91 Å². The zero-order chi connectivity index (χ0) is 14.8. The molecular formula is C14H22N4O2S. The van der Waals surface area contributed by atoms with Crippen molar-refractivity contribution in [2.75, 3.05) is 30.4 Å². The molecule has 21 heavy (non-hydrogen) atoms. The Bertz CT molecular complexity index is 488. The smallest absolute Gasteiger partial charge is 0.274 e. The van der Waals surface area contributed by atoms with E-state index in [1.807, 2.05) is 16.7 Å². The summed E-state index contributed by atoms with van der Waals surface area (Å²) in [6.45, 7) is 1.47. The van der Waals surface area contributed by atoms with Crippen molar-refractivity contribution in [3.05, 3.63) is 11.9 Å². The third-order valence-electron chi connectivity index (χ3n) is 4.20. The molecule has 1 aromatic heterocycles. The molecule has 3 rings (SSSR count). The quantitative estimate of drug-likeness (QED) is 0.902. The average Bonchev–Trinajstić information content (AvgIpc) is 3.18. The highest BCUT2D eigenvalue weighted by Gasteiger charge is 2.33. The highest BCUT2D eigenvalue weighted by molar-refractivity contribution is 7.99. The van der Waals surface area contributed by atoms with Crippen LogP contribution in [0.5, 0.6) is 0 Å². The van der Waals surface area contributed by atoms with Gasteiger partial charge in [-0.25, -0.2) is 0 Å². The molecule has 2 aliphatic heterocycles. The average molecular weight is 310 g/mol. The molecule has 0 bridgehead atoms. The van der Waals surface area contributed by atoms with Crippen molar-refractivity contribution in [1.29, 1.82) is 0 Å². The Morgan fingerprint density at radius 3 is 3.05 bits per heavy atom. The lowest BCUT2D eigenvalue weighted by atomic mass is 10.1. The molecule has 1 amide bonds. The number of nitrogen functional groups attached to an aromatic ring is 1. The zero-order valence-electron chi connectivity index (χ0n) is 12.3. The van der Waals surface area contributed by atoms with Gasteiger partial charge in [-0.2, -0.15) is 16.9 Å². The first-order valence-electron chi connectivity index (χ1n) is 7.44. The zero-order valence-corrected chi connectivity index (χ0v) is 13.1. The van der Waals surface area contributed by atoms with Crippen LogP contribution in [0.4, 0.5) is 5.69 Å². The van der Waals surface area contributed by atoms with Crippen molar-refractivity contribution in [1.82, 2.24) is 14.7 Å². The molecule has 2 unspecified atom stereocenters. The van der Waals surface area contributed by atoms with Crippen molar-refractivity contribution in [2.45, 2.75) is 31.4 Å². The fourth-order valence-electron chi connectivity index (χ4n) is 3.03. The lowest BCUT2D eigenvalue weighted by Gasteiger charge is -2.30. The van der Waals surface area contributed by atoms with Crippen molar-refractivity contribution in [3.63, 3.8) is 0 Å². The fraction of sp³-hybridized carbons (Fsp3) is 0.714. The van der Waals surface area contributed by atoms with Gasteiger partial charge in [0.2, 0.25) is 0 Å². The van der Waals surface area contributed by atoms with Crippen LogP contribution < -0.4 is 5.73 Å². The van der Waals surface area contributed by atoms with Crippen LogP contribution in [0.1, 0.15) is 29.8 Å². The van der Waals surface area contributed by atoms with Gasteiger partial charge in [-0.3, -0.25) is 9.48 Å². The number of carbonyl (C=O) groups excluding carboxylic acids is 1. The highest BCUT2D eigenvalue weighted by Crippen LogP contribution is 2.26. The number of thioether (sulfide) groups is 1. The Morgan fingerprint density at radius 1 is 1.62 bits per heavy atom. The van der Waals surface area contributed by atoms with Crippen molar-refractivity contribution < 1.29 is 9.53 Å². The first-order valence-corrected chi connectivity index (χ1v) is 8.60. The molecule has 2 saturated heterocycles. The summed E-state index contributed by atoms with van der Waals surface area (Å²) in [5.74, 6) is 2.09. The molecule has 0 saturated carbocycles. The third-order valence-corrected chi connectivity index (χ3v) is 5.35. The maximum atomic E-state index is 12.9. The second-order valence-corrected chi connectivity index (χ2v) is 6.83. The van der Waals surface area contributed by atoms with Gasteiger partial charge >= 0.3 is 0 Å². The largest absolute Gasteiger partial charge is 0.396 e. The molecule has 0 aromatic carbocycles. The molecule has 2 fully saturated rings. The van der Waals surface area contributed by atoms with E-state index in [-0.39, 0.29) is 18.1 Å². The van der Waals surface area contributed by atoms with E-state index >= 15 is 0 Å². The number of hydrogen-bond acceptors (Lipinski definition) is 5. The van der Waals surface area contributed by atoms with E-state index in [4.69, 9.17) is 10.5 Å². The molecule has 0 aliphatic carbocycles. The minimum Gasteiger partial charge on any atom is -0.396 e. The standard InChI is InChI=1S/C14H22N4O2S/c1-17-13(12(15)7-16-17)14(19)18(10-4-6-21-9-10)8-11-3-2-5-20-11/h7,10-11H,2-6,8-9,15H2,1H3. The number of anilines is 1. The van der Waals surface area contributed by atoms with Crippen LogP contribution in [-0.4, -0.2) is 57.4 Å². The normalized spacial score (nSPS) is 25.4. The fourth-order valence-corrected chi connectivity index (χ4v) is 4.25.